The molecule has 5 heteroatoms. The van der Waals surface area contributed by atoms with Gasteiger partial charge in [-0.3, -0.25) is 4.79 Å². The fourth-order valence-corrected chi connectivity index (χ4v) is 3.33. The van der Waals surface area contributed by atoms with Crippen LogP contribution >= 0.6 is 0 Å². The molecule has 1 aromatic heterocycles. The van der Waals surface area contributed by atoms with Crippen molar-refractivity contribution in [1.82, 2.24) is 15.0 Å². The second-order valence-electron chi connectivity index (χ2n) is 5.94. The highest BCUT2D eigenvalue weighted by atomic mass is 16.5. The van der Waals surface area contributed by atoms with E-state index in [0.717, 1.165) is 11.1 Å². The van der Waals surface area contributed by atoms with E-state index in [0.29, 0.717) is 22.5 Å². The number of hydrogen-bond donors (Lipinski definition) is 0. The van der Waals surface area contributed by atoms with Gasteiger partial charge < -0.3 is 4.74 Å². The minimum Gasteiger partial charge on any atom is -0.457 e. The van der Waals surface area contributed by atoms with Crippen LogP contribution in [0.15, 0.2) is 72.8 Å². The molecule has 0 saturated carbocycles. The number of aromatic nitrogens is 3. The van der Waals surface area contributed by atoms with Gasteiger partial charge in [0.2, 0.25) is 0 Å². The van der Waals surface area contributed by atoms with Gasteiger partial charge in [0, 0.05) is 11.1 Å². The number of ether oxygens (including phenoxy) is 1. The summed E-state index contributed by atoms with van der Waals surface area (Å²) in [5.41, 5.74) is 3.08. The predicted molar refractivity (Wildman–Crippen MR) is 93.0 cm³/mol. The Labute approximate surface area is 143 Å². The summed E-state index contributed by atoms with van der Waals surface area (Å²) in [4.78, 5) is 13.4. The molecule has 0 radical (unpaired) electrons. The van der Waals surface area contributed by atoms with Crippen LogP contribution in [0.25, 0.3) is 11.0 Å². The zero-order valence-electron chi connectivity index (χ0n) is 13.2. The maximum Gasteiger partial charge on any atom is 0.261 e. The SMILES string of the molecule is O=C(C1c2ccccc2Oc2ccccc21)n1nnc2ccccc21. The molecule has 0 spiro atoms. The molecular formula is C20H13N3O2. The standard InChI is InChI=1S/C20H13N3O2/c24-20(23-16-10-4-3-9-15(16)21-22-23)19-13-7-1-5-11-17(13)25-18-12-6-2-8-14(18)19/h1-12,19H. The Kier molecular flexibility index (Phi) is 2.94. The first-order chi connectivity index (χ1) is 12.3. The lowest BCUT2D eigenvalue weighted by Crippen LogP contribution is -2.25. The molecule has 5 nitrogen and oxygen atoms in total. The first-order valence-electron chi connectivity index (χ1n) is 8.03. The van der Waals surface area contributed by atoms with Crippen LogP contribution in [0, 0.1) is 0 Å². The largest absolute Gasteiger partial charge is 0.457 e. The Morgan fingerprint density at radius 1 is 0.840 bits per heavy atom. The molecular weight excluding hydrogens is 314 g/mol. The molecule has 0 amide bonds. The highest BCUT2D eigenvalue weighted by Crippen LogP contribution is 2.44. The molecule has 0 fully saturated rings. The molecule has 0 atom stereocenters. The van der Waals surface area contributed by atoms with Gasteiger partial charge >= 0.3 is 0 Å². The van der Waals surface area contributed by atoms with E-state index in [9.17, 15) is 4.79 Å². The highest BCUT2D eigenvalue weighted by molar-refractivity contribution is 5.96. The van der Waals surface area contributed by atoms with Gasteiger partial charge in [-0.2, -0.15) is 4.68 Å². The van der Waals surface area contributed by atoms with Crippen molar-refractivity contribution in [3.05, 3.63) is 83.9 Å². The van der Waals surface area contributed by atoms with E-state index in [-0.39, 0.29) is 5.91 Å². The van der Waals surface area contributed by atoms with Crippen LogP contribution in [-0.4, -0.2) is 20.9 Å². The lowest BCUT2D eigenvalue weighted by atomic mass is 9.87. The topological polar surface area (TPSA) is 57.0 Å². The van der Waals surface area contributed by atoms with Crippen molar-refractivity contribution < 1.29 is 9.53 Å². The number of fused-ring (bicyclic) bond motifs is 3. The molecule has 0 bridgehead atoms. The molecule has 4 aromatic rings. The molecule has 1 aliphatic heterocycles. The van der Waals surface area contributed by atoms with Crippen LogP contribution in [0.5, 0.6) is 11.5 Å². The first kappa shape index (κ1) is 13.9. The Morgan fingerprint density at radius 2 is 1.44 bits per heavy atom. The quantitative estimate of drug-likeness (QED) is 0.530. The summed E-state index contributed by atoms with van der Waals surface area (Å²) in [6.07, 6.45) is 0. The summed E-state index contributed by atoms with van der Waals surface area (Å²) >= 11 is 0. The first-order valence-corrected chi connectivity index (χ1v) is 8.03. The Bertz CT molecular complexity index is 1070. The molecule has 0 saturated heterocycles. The highest BCUT2D eigenvalue weighted by Gasteiger charge is 2.34. The molecule has 0 unspecified atom stereocenters. The molecule has 5 rings (SSSR count). The van der Waals surface area contributed by atoms with E-state index in [1.54, 1.807) is 0 Å². The summed E-state index contributed by atoms with van der Waals surface area (Å²) in [5, 5.41) is 8.20. The summed E-state index contributed by atoms with van der Waals surface area (Å²) in [6, 6.07) is 22.7. The third-order valence-electron chi connectivity index (χ3n) is 4.49. The van der Waals surface area contributed by atoms with Crippen molar-refractivity contribution in [2.24, 2.45) is 0 Å². The molecule has 0 aliphatic carbocycles. The van der Waals surface area contributed by atoms with Gasteiger partial charge in [0.15, 0.2) is 0 Å². The van der Waals surface area contributed by atoms with E-state index in [1.807, 2.05) is 72.8 Å². The zero-order valence-corrected chi connectivity index (χ0v) is 13.2. The minimum atomic E-state index is -0.480. The van der Waals surface area contributed by atoms with Crippen molar-refractivity contribution in [2.45, 2.75) is 5.92 Å². The van der Waals surface area contributed by atoms with E-state index < -0.39 is 5.92 Å². The smallest absolute Gasteiger partial charge is 0.261 e. The van der Waals surface area contributed by atoms with Crippen molar-refractivity contribution in [2.75, 3.05) is 0 Å². The van der Waals surface area contributed by atoms with Gasteiger partial charge in [-0.1, -0.05) is 53.7 Å². The maximum atomic E-state index is 13.4. The van der Waals surface area contributed by atoms with Crippen molar-refractivity contribution in [3.63, 3.8) is 0 Å². The number of para-hydroxylation sites is 3. The van der Waals surface area contributed by atoms with Crippen LogP contribution in [-0.2, 0) is 0 Å². The fourth-order valence-electron chi connectivity index (χ4n) is 3.33. The van der Waals surface area contributed by atoms with Gasteiger partial charge in [-0.25, -0.2) is 0 Å². The normalized spacial score (nSPS) is 13.1. The third kappa shape index (κ3) is 2.06. The summed E-state index contributed by atoms with van der Waals surface area (Å²) in [7, 11) is 0. The van der Waals surface area contributed by atoms with Crippen LogP contribution in [0.2, 0.25) is 0 Å². The lowest BCUT2D eigenvalue weighted by Gasteiger charge is -2.26. The Morgan fingerprint density at radius 3 is 2.16 bits per heavy atom. The van der Waals surface area contributed by atoms with E-state index >= 15 is 0 Å². The number of carbonyl (C=O) groups is 1. The monoisotopic (exact) mass is 327 g/mol. The van der Waals surface area contributed by atoms with Crippen LogP contribution in [0.4, 0.5) is 0 Å². The van der Waals surface area contributed by atoms with Crippen LogP contribution in [0.1, 0.15) is 21.8 Å². The molecule has 25 heavy (non-hydrogen) atoms. The molecule has 3 aromatic carbocycles. The van der Waals surface area contributed by atoms with E-state index in [1.165, 1.54) is 4.68 Å². The van der Waals surface area contributed by atoms with E-state index in [4.69, 9.17) is 4.74 Å². The number of carbonyl (C=O) groups excluding carboxylic acids is 1. The average molecular weight is 327 g/mol. The van der Waals surface area contributed by atoms with Crippen LogP contribution < -0.4 is 4.74 Å². The Balaban J connectivity index is 1.72. The van der Waals surface area contributed by atoms with Crippen molar-refractivity contribution in [1.29, 1.82) is 0 Å². The number of benzene rings is 3. The second kappa shape index (κ2) is 5.27. The average Bonchev–Trinajstić information content (AvgIpc) is 3.09. The number of rotatable bonds is 1. The van der Waals surface area contributed by atoms with Gasteiger partial charge in [0.1, 0.15) is 17.0 Å². The predicted octanol–water partition coefficient (Wildman–Crippen LogP) is 4.01. The third-order valence-corrected chi connectivity index (χ3v) is 4.49. The molecule has 1 aliphatic rings. The summed E-state index contributed by atoms with van der Waals surface area (Å²) in [5.74, 6) is 0.774. The lowest BCUT2D eigenvalue weighted by molar-refractivity contribution is 0.0876. The summed E-state index contributed by atoms with van der Waals surface area (Å²) < 4.78 is 7.35. The van der Waals surface area contributed by atoms with Crippen molar-refractivity contribution in [3.8, 4) is 11.5 Å². The zero-order chi connectivity index (χ0) is 16.8. The van der Waals surface area contributed by atoms with E-state index in [2.05, 4.69) is 10.3 Å². The number of nitrogens with zero attached hydrogens (tertiary/aromatic N) is 3. The maximum absolute atomic E-state index is 13.4. The van der Waals surface area contributed by atoms with Gasteiger partial charge in [-0.05, 0) is 24.3 Å². The Hall–Kier alpha value is -3.47. The summed E-state index contributed by atoms with van der Waals surface area (Å²) in [6.45, 7) is 0. The van der Waals surface area contributed by atoms with Gasteiger partial charge in [-0.15, -0.1) is 5.10 Å². The van der Waals surface area contributed by atoms with Crippen molar-refractivity contribution >= 4 is 16.9 Å². The molecule has 2 heterocycles. The van der Waals surface area contributed by atoms with Crippen LogP contribution in [0.3, 0.4) is 0 Å². The van der Waals surface area contributed by atoms with Gasteiger partial charge in [0.25, 0.3) is 5.91 Å². The second-order valence-corrected chi connectivity index (χ2v) is 5.94. The molecule has 0 N–H and O–H groups in total. The fraction of sp³-hybridized carbons (Fsp3) is 0.0500. The van der Waals surface area contributed by atoms with Gasteiger partial charge in [0.05, 0.1) is 11.4 Å². The molecule has 120 valence electrons. The number of hydrogen-bond acceptors (Lipinski definition) is 4. The minimum absolute atomic E-state index is 0.142.